The fraction of sp³-hybridized carbons (Fsp3) is 0.417. The highest BCUT2D eigenvalue weighted by atomic mass is 16.5. The molecule has 0 aliphatic heterocycles. The Balaban J connectivity index is 2.32. The molecule has 0 radical (unpaired) electrons. The summed E-state index contributed by atoms with van der Waals surface area (Å²) < 4.78 is 9.68. The lowest BCUT2D eigenvalue weighted by Crippen LogP contribution is -2.14. The van der Waals surface area contributed by atoms with Gasteiger partial charge in [-0.1, -0.05) is 0 Å². The third-order valence-electron chi connectivity index (χ3n) is 2.05. The monoisotopic (exact) mass is 268 g/mol. The number of anilines is 1. The predicted molar refractivity (Wildman–Crippen MR) is 67.1 cm³/mol. The number of aromatic nitrogens is 1. The van der Waals surface area contributed by atoms with E-state index in [0.717, 1.165) is 0 Å². The first-order chi connectivity index (χ1) is 9.13. The van der Waals surface area contributed by atoms with Gasteiger partial charge in [-0.05, 0) is 19.1 Å². The lowest BCUT2D eigenvalue weighted by molar-refractivity contribution is -0.142. The number of rotatable bonds is 8. The fourth-order valence-corrected chi connectivity index (χ4v) is 1.24. The first kappa shape index (κ1) is 14.9. The Morgan fingerprint density at radius 3 is 2.79 bits per heavy atom. The summed E-state index contributed by atoms with van der Waals surface area (Å²) in [5.41, 5.74) is 0.384. The van der Waals surface area contributed by atoms with Gasteiger partial charge in [0.1, 0.15) is 12.4 Å². The Kier molecular flexibility index (Phi) is 6.31. The van der Waals surface area contributed by atoms with Crippen LogP contribution < -0.4 is 5.32 Å². The lowest BCUT2D eigenvalue weighted by Gasteiger charge is -2.06. The Labute approximate surface area is 110 Å². The highest BCUT2D eigenvalue weighted by Gasteiger charge is 2.06. The van der Waals surface area contributed by atoms with Crippen LogP contribution in [-0.4, -0.2) is 48.4 Å². The number of ether oxygens (including phenoxy) is 2. The first-order valence-corrected chi connectivity index (χ1v) is 5.80. The average Bonchev–Trinajstić information content (AvgIpc) is 2.39. The van der Waals surface area contributed by atoms with Crippen molar-refractivity contribution in [1.29, 1.82) is 0 Å². The van der Waals surface area contributed by atoms with E-state index in [-0.39, 0.29) is 13.2 Å². The van der Waals surface area contributed by atoms with Crippen LogP contribution in [0.25, 0.3) is 0 Å². The van der Waals surface area contributed by atoms with E-state index < -0.39 is 11.9 Å². The molecule has 19 heavy (non-hydrogen) atoms. The molecule has 0 atom stereocenters. The van der Waals surface area contributed by atoms with Gasteiger partial charge < -0.3 is 19.9 Å². The molecular formula is C12H16N2O5. The molecule has 7 nitrogen and oxygen atoms in total. The number of nitrogens with one attached hydrogen (secondary N) is 1. The summed E-state index contributed by atoms with van der Waals surface area (Å²) in [6, 6.07) is 3.24. The van der Waals surface area contributed by atoms with Crippen LogP contribution in [0.5, 0.6) is 0 Å². The van der Waals surface area contributed by atoms with Crippen LogP contribution in [-0.2, 0) is 14.3 Å². The summed E-state index contributed by atoms with van der Waals surface area (Å²) in [6.07, 6.45) is 1.42. The molecule has 0 aliphatic carbocycles. The van der Waals surface area contributed by atoms with Gasteiger partial charge in [-0.3, -0.25) is 0 Å². The minimum Gasteiger partial charge on any atom is -0.480 e. The number of carboxylic acid groups (broad SMARTS) is 1. The van der Waals surface area contributed by atoms with E-state index in [1.165, 1.54) is 6.20 Å². The Bertz CT molecular complexity index is 419. The summed E-state index contributed by atoms with van der Waals surface area (Å²) in [7, 11) is 0. The largest absolute Gasteiger partial charge is 0.480 e. The molecule has 0 amide bonds. The van der Waals surface area contributed by atoms with E-state index in [1.54, 1.807) is 19.1 Å². The second-order valence-corrected chi connectivity index (χ2v) is 3.53. The van der Waals surface area contributed by atoms with E-state index in [1.807, 2.05) is 0 Å². The van der Waals surface area contributed by atoms with Crippen molar-refractivity contribution < 1.29 is 24.2 Å². The summed E-state index contributed by atoms with van der Waals surface area (Å²) in [5.74, 6) is -0.838. The number of pyridine rings is 1. The number of carbonyl (C=O) groups excluding carboxylic acids is 1. The molecule has 2 N–H and O–H groups in total. The zero-order valence-electron chi connectivity index (χ0n) is 10.6. The topological polar surface area (TPSA) is 97.8 Å². The zero-order valence-corrected chi connectivity index (χ0v) is 10.6. The summed E-state index contributed by atoms with van der Waals surface area (Å²) in [4.78, 5) is 25.6. The Morgan fingerprint density at radius 1 is 1.42 bits per heavy atom. The molecule has 7 heteroatoms. The van der Waals surface area contributed by atoms with Crippen molar-refractivity contribution in [3.05, 3.63) is 23.9 Å². The van der Waals surface area contributed by atoms with Gasteiger partial charge in [0.15, 0.2) is 0 Å². The van der Waals surface area contributed by atoms with Crippen LogP contribution in [0.2, 0.25) is 0 Å². The van der Waals surface area contributed by atoms with Crippen LogP contribution in [0.4, 0.5) is 5.82 Å². The smallest absolute Gasteiger partial charge is 0.339 e. The maximum atomic E-state index is 11.4. The maximum Gasteiger partial charge on any atom is 0.339 e. The Hall–Kier alpha value is -2.15. The summed E-state index contributed by atoms with van der Waals surface area (Å²) >= 11 is 0. The first-order valence-electron chi connectivity index (χ1n) is 5.80. The molecule has 0 fully saturated rings. The van der Waals surface area contributed by atoms with Crippen molar-refractivity contribution in [3.63, 3.8) is 0 Å². The van der Waals surface area contributed by atoms with Crippen molar-refractivity contribution in [2.45, 2.75) is 6.92 Å². The number of hydrogen-bond acceptors (Lipinski definition) is 6. The molecule has 0 saturated heterocycles. The van der Waals surface area contributed by atoms with Gasteiger partial charge in [0.2, 0.25) is 0 Å². The average molecular weight is 268 g/mol. The molecule has 0 unspecified atom stereocenters. The van der Waals surface area contributed by atoms with Crippen molar-refractivity contribution in [1.82, 2.24) is 4.98 Å². The number of nitrogens with zero attached hydrogens (tertiary/aromatic N) is 1. The second-order valence-electron chi connectivity index (χ2n) is 3.53. The standard InChI is InChI=1S/C12H16N2O5/c1-2-19-12(17)9-3-4-10(14-7-9)13-5-6-18-8-11(15)16/h3-4,7H,2,5-6,8H2,1H3,(H,13,14)(H,15,16). The quantitative estimate of drug-likeness (QED) is 0.530. The van der Waals surface area contributed by atoms with Crippen molar-refractivity contribution in [2.24, 2.45) is 0 Å². The zero-order chi connectivity index (χ0) is 14.1. The predicted octanol–water partition coefficient (Wildman–Crippen LogP) is 0.771. The van der Waals surface area contributed by atoms with Gasteiger partial charge in [-0.15, -0.1) is 0 Å². The van der Waals surface area contributed by atoms with Crippen LogP contribution >= 0.6 is 0 Å². The maximum absolute atomic E-state index is 11.4. The Morgan fingerprint density at radius 2 is 2.21 bits per heavy atom. The molecule has 104 valence electrons. The van der Waals surface area contributed by atoms with Crippen LogP contribution in [0.15, 0.2) is 18.3 Å². The summed E-state index contributed by atoms with van der Waals surface area (Å²) in [6.45, 7) is 2.42. The van der Waals surface area contributed by atoms with Crippen molar-refractivity contribution in [2.75, 3.05) is 31.7 Å². The highest BCUT2D eigenvalue weighted by molar-refractivity contribution is 5.89. The molecule has 0 bridgehead atoms. The number of carboxylic acids is 1. The lowest BCUT2D eigenvalue weighted by atomic mass is 10.3. The van der Waals surface area contributed by atoms with Crippen molar-refractivity contribution >= 4 is 17.8 Å². The molecule has 1 heterocycles. The van der Waals surface area contributed by atoms with Crippen LogP contribution in [0.3, 0.4) is 0 Å². The van der Waals surface area contributed by atoms with Crippen LogP contribution in [0, 0.1) is 0 Å². The van der Waals surface area contributed by atoms with E-state index in [4.69, 9.17) is 14.6 Å². The van der Waals surface area contributed by atoms with Gasteiger partial charge in [0.25, 0.3) is 0 Å². The van der Waals surface area contributed by atoms with Gasteiger partial charge in [-0.2, -0.15) is 0 Å². The fourth-order valence-electron chi connectivity index (χ4n) is 1.24. The van der Waals surface area contributed by atoms with E-state index in [9.17, 15) is 9.59 Å². The SMILES string of the molecule is CCOC(=O)c1ccc(NCCOCC(=O)O)nc1. The normalized spacial score (nSPS) is 9.95. The van der Waals surface area contributed by atoms with Gasteiger partial charge in [0, 0.05) is 12.7 Å². The van der Waals surface area contributed by atoms with Gasteiger partial charge >= 0.3 is 11.9 Å². The third-order valence-corrected chi connectivity index (χ3v) is 2.05. The molecule has 0 aromatic carbocycles. The molecule has 0 aliphatic rings. The number of aliphatic carboxylic acids is 1. The summed E-state index contributed by atoms with van der Waals surface area (Å²) in [5, 5.41) is 11.3. The minimum atomic E-state index is -1.00. The second kappa shape index (κ2) is 8.04. The third kappa shape index (κ3) is 5.82. The molecule has 1 aromatic rings. The van der Waals surface area contributed by atoms with Crippen LogP contribution in [0.1, 0.15) is 17.3 Å². The van der Waals surface area contributed by atoms with E-state index in [0.29, 0.717) is 24.5 Å². The molecule has 0 spiro atoms. The highest BCUT2D eigenvalue weighted by Crippen LogP contribution is 2.06. The van der Waals surface area contributed by atoms with E-state index >= 15 is 0 Å². The molecule has 1 aromatic heterocycles. The van der Waals surface area contributed by atoms with Gasteiger partial charge in [0.05, 0.1) is 18.8 Å². The number of esters is 1. The minimum absolute atomic E-state index is 0.258. The molecule has 0 saturated carbocycles. The molecule has 1 rings (SSSR count). The van der Waals surface area contributed by atoms with E-state index in [2.05, 4.69) is 10.3 Å². The molecular weight excluding hydrogens is 252 g/mol. The van der Waals surface area contributed by atoms with Crippen molar-refractivity contribution in [3.8, 4) is 0 Å². The number of carbonyl (C=O) groups is 2. The van der Waals surface area contributed by atoms with Gasteiger partial charge in [-0.25, -0.2) is 14.6 Å². The number of hydrogen-bond donors (Lipinski definition) is 2.